The second-order valence-electron chi connectivity index (χ2n) is 7.59. The largest absolute Gasteiger partial charge is 0.497 e. The second kappa shape index (κ2) is 9.02. The van der Waals surface area contributed by atoms with Crippen LogP contribution in [0.4, 0.5) is 0 Å². The number of hydrogen-bond donors (Lipinski definition) is 1. The number of ketones is 1. The van der Waals surface area contributed by atoms with Gasteiger partial charge in [0.15, 0.2) is 5.78 Å². The maximum atomic E-state index is 12.8. The molecule has 0 aliphatic carbocycles. The highest BCUT2D eigenvalue weighted by atomic mass is 16.5. The van der Waals surface area contributed by atoms with Crippen LogP contribution >= 0.6 is 0 Å². The molecule has 1 aromatic carbocycles. The van der Waals surface area contributed by atoms with Gasteiger partial charge < -0.3 is 10.1 Å². The van der Waals surface area contributed by atoms with E-state index in [1.807, 2.05) is 39.0 Å². The van der Waals surface area contributed by atoms with Crippen molar-refractivity contribution in [2.24, 2.45) is 11.8 Å². The van der Waals surface area contributed by atoms with Crippen molar-refractivity contribution in [1.29, 1.82) is 0 Å². The molecule has 6 heteroatoms. The zero-order chi connectivity index (χ0) is 20.1. The van der Waals surface area contributed by atoms with Gasteiger partial charge in [-0.2, -0.15) is 5.10 Å². The van der Waals surface area contributed by atoms with Crippen LogP contribution in [0.2, 0.25) is 0 Å². The number of carbonyl (C=O) groups is 2. The summed E-state index contributed by atoms with van der Waals surface area (Å²) in [5.74, 6) is 0.921. The number of nitrogens with one attached hydrogen (secondary N) is 1. The Kier molecular flexibility index (Phi) is 6.99. The second-order valence-corrected chi connectivity index (χ2v) is 7.59. The zero-order valence-corrected chi connectivity index (χ0v) is 17.2. The van der Waals surface area contributed by atoms with Gasteiger partial charge in [0.1, 0.15) is 17.5 Å². The van der Waals surface area contributed by atoms with E-state index in [1.165, 1.54) is 0 Å². The van der Waals surface area contributed by atoms with Crippen molar-refractivity contribution in [3.05, 3.63) is 23.9 Å². The van der Waals surface area contributed by atoms with Crippen LogP contribution in [-0.2, 0) is 4.79 Å². The Balaban J connectivity index is 2.47. The van der Waals surface area contributed by atoms with E-state index < -0.39 is 6.04 Å². The molecule has 0 spiro atoms. The van der Waals surface area contributed by atoms with Gasteiger partial charge in [0.05, 0.1) is 12.6 Å². The normalized spacial score (nSPS) is 12.6. The number of hydrogen-bond acceptors (Lipinski definition) is 4. The number of Topliss-reactive ketones (excluding diaryl/α,β-unsaturated/α-hetero) is 1. The van der Waals surface area contributed by atoms with Crippen LogP contribution in [0.15, 0.2) is 18.2 Å². The van der Waals surface area contributed by atoms with Crippen molar-refractivity contribution in [2.75, 3.05) is 13.7 Å². The first-order chi connectivity index (χ1) is 12.8. The molecule has 0 bridgehead atoms. The Morgan fingerprint density at radius 1 is 1.22 bits per heavy atom. The van der Waals surface area contributed by atoms with Crippen molar-refractivity contribution in [3.8, 4) is 5.75 Å². The predicted octanol–water partition coefficient (Wildman–Crippen LogP) is 4.00. The number of rotatable bonds is 9. The number of benzene rings is 1. The average Bonchev–Trinajstić information content (AvgIpc) is 2.99. The number of fused-ring (bicyclic) bond motifs is 1. The van der Waals surface area contributed by atoms with Gasteiger partial charge in [-0.1, -0.05) is 34.6 Å². The summed E-state index contributed by atoms with van der Waals surface area (Å²) in [5.41, 5.74) is 1.15. The van der Waals surface area contributed by atoms with Gasteiger partial charge in [-0.15, -0.1) is 0 Å². The van der Waals surface area contributed by atoms with Gasteiger partial charge in [0.25, 0.3) is 0 Å². The number of aromatic nitrogens is 2. The van der Waals surface area contributed by atoms with E-state index in [9.17, 15) is 9.59 Å². The number of nitrogens with zero attached hydrogens (tertiary/aromatic N) is 2. The SMILES string of the molecule is CCC(C(=O)NCCC(C)C)n1nc(C(=O)C(C)C)c2ccc(OC)cc21. The molecule has 1 amide bonds. The van der Waals surface area contributed by atoms with E-state index >= 15 is 0 Å². The van der Waals surface area contributed by atoms with Crippen LogP contribution in [0, 0.1) is 11.8 Å². The van der Waals surface area contributed by atoms with Gasteiger partial charge >= 0.3 is 0 Å². The highest BCUT2D eigenvalue weighted by molar-refractivity contribution is 6.07. The molecule has 6 nitrogen and oxygen atoms in total. The number of carbonyl (C=O) groups excluding carboxylic acids is 2. The maximum absolute atomic E-state index is 12.8. The average molecular weight is 373 g/mol. The molecule has 0 fully saturated rings. The Hall–Kier alpha value is -2.37. The van der Waals surface area contributed by atoms with Crippen molar-refractivity contribution in [1.82, 2.24) is 15.1 Å². The number of ether oxygens (including phenoxy) is 1. The van der Waals surface area contributed by atoms with E-state index in [0.717, 1.165) is 17.3 Å². The summed E-state index contributed by atoms with van der Waals surface area (Å²) >= 11 is 0. The molecule has 0 saturated carbocycles. The molecule has 0 saturated heterocycles. The monoisotopic (exact) mass is 373 g/mol. The molecule has 1 heterocycles. The summed E-state index contributed by atoms with van der Waals surface area (Å²) < 4.78 is 7.01. The van der Waals surface area contributed by atoms with E-state index in [1.54, 1.807) is 11.8 Å². The maximum Gasteiger partial charge on any atom is 0.244 e. The molecular formula is C21H31N3O3. The first kappa shape index (κ1) is 20.9. The molecule has 1 atom stereocenters. The van der Waals surface area contributed by atoms with E-state index in [0.29, 0.717) is 30.3 Å². The van der Waals surface area contributed by atoms with E-state index in [-0.39, 0.29) is 17.6 Å². The van der Waals surface area contributed by atoms with Crippen molar-refractivity contribution in [3.63, 3.8) is 0 Å². The predicted molar refractivity (Wildman–Crippen MR) is 107 cm³/mol. The van der Waals surface area contributed by atoms with Gasteiger partial charge in [-0.3, -0.25) is 14.3 Å². The smallest absolute Gasteiger partial charge is 0.244 e. The van der Waals surface area contributed by atoms with Crippen LogP contribution in [0.3, 0.4) is 0 Å². The lowest BCUT2D eigenvalue weighted by Gasteiger charge is -2.17. The summed E-state index contributed by atoms with van der Waals surface area (Å²) in [6, 6.07) is 5.02. The highest BCUT2D eigenvalue weighted by Gasteiger charge is 2.26. The molecule has 1 unspecified atom stereocenters. The molecule has 1 N–H and O–H groups in total. The lowest BCUT2D eigenvalue weighted by atomic mass is 10.0. The minimum atomic E-state index is -0.472. The molecule has 0 radical (unpaired) electrons. The van der Waals surface area contributed by atoms with Gasteiger partial charge in [-0.05, 0) is 30.9 Å². The lowest BCUT2D eigenvalue weighted by molar-refractivity contribution is -0.124. The summed E-state index contributed by atoms with van der Waals surface area (Å²) in [4.78, 5) is 25.4. The Morgan fingerprint density at radius 3 is 2.48 bits per heavy atom. The molecule has 2 rings (SSSR count). The fourth-order valence-electron chi connectivity index (χ4n) is 3.01. The molecule has 0 aliphatic rings. The summed E-state index contributed by atoms with van der Waals surface area (Å²) in [6.45, 7) is 10.5. The molecule has 27 heavy (non-hydrogen) atoms. The van der Waals surface area contributed by atoms with Gasteiger partial charge in [0.2, 0.25) is 5.91 Å². The van der Waals surface area contributed by atoms with Crippen LogP contribution in [0.25, 0.3) is 10.9 Å². The van der Waals surface area contributed by atoms with Crippen molar-refractivity contribution >= 4 is 22.6 Å². The van der Waals surface area contributed by atoms with Gasteiger partial charge in [-0.25, -0.2) is 0 Å². The Labute approximate surface area is 161 Å². The minimum Gasteiger partial charge on any atom is -0.497 e. The van der Waals surface area contributed by atoms with Crippen LogP contribution in [0.5, 0.6) is 5.75 Å². The summed E-state index contributed by atoms with van der Waals surface area (Å²) in [7, 11) is 1.60. The lowest BCUT2D eigenvalue weighted by Crippen LogP contribution is -2.34. The molecular weight excluding hydrogens is 342 g/mol. The van der Waals surface area contributed by atoms with Crippen molar-refractivity contribution in [2.45, 2.75) is 53.5 Å². The summed E-state index contributed by atoms with van der Waals surface area (Å²) in [6.07, 6.45) is 1.50. The zero-order valence-electron chi connectivity index (χ0n) is 17.2. The molecule has 1 aromatic heterocycles. The third-order valence-corrected chi connectivity index (χ3v) is 4.68. The minimum absolute atomic E-state index is 0.0287. The topological polar surface area (TPSA) is 73.2 Å². The quantitative estimate of drug-likeness (QED) is 0.674. The highest BCUT2D eigenvalue weighted by Crippen LogP contribution is 2.28. The first-order valence-corrected chi connectivity index (χ1v) is 9.68. The van der Waals surface area contributed by atoms with E-state index in [4.69, 9.17) is 4.74 Å². The Morgan fingerprint density at radius 2 is 1.93 bits per heavy atom. The van der Waals surface area contributed by atoms with Crippen LogP contribution in [0.1, 0.15) is 64.0 Å². The van der Waals surface area contributed by atoms with Crippen LogP contribution in [-0.4, -0.2) is 35.1 Å². The van der Waals surface area contributed by atoms with Crippen LogP contribution < -0.4 is 10.1 Å². The summed E-state index contributed by atoms with van der Waals surface area (Å²) in [5, 5.41) is 8.33. The number of amides is 1. The first-order valence-electron chi connectivity index (χ1n) is 9.68. The Bertz CT molecular complexity index is 808. The third-order valence-electron chi connectivity index (χ3n) is 4.68. The molecule has 148 valence electrons. The number of methoxy groups -OCH3 is 1. The fourth-order valence-corrected chi connectivity index (χ4v) is 3.01. The standard InChI is InChI=1S/C21H31N3O3/c1-7-17(21(26)22-11-10-13(2)3)24-18-12-15(27-6)8-9-16(18)19(23-24)20(25)14(4)5/h8-9,12-14,17H,7,10-11H2,1-6H3,(H,22,26). The van der Waals surface area contributed by atoms with Crippen molar-refractivity contribution < 1.29 is 14.3 Å². The molecule has 0 aliphatic heterocycles. The van der Waals surface area contributed by atoms with E-state index in [2.05, 4.69) is 24.3 Å². The third kappa shape index (κ3) is 4.67. The molecule has 2 aromatic rings. The van der Waals surface area contributed by atoms with Gasteiger partial charge in [0, 0.05) is 23.9 Å². The fraction of sp³-hybridized carbons (Fsp3) is 0.571.